The van der Waals surface area contributed by atoms with Gasteiger partial charge in [0.05, 0.1) is 12.1 Å². The van der Waals surface area contributed by atoms with E-state index in [1.54, 1.807) is 0 Å². The topological polar surface area (TPSA) is 47.3 Å². The fraction of sp³-hybridized carbons (Fsp3) is 0.900. The van der Waals surface area contributed by atoms with Crippen molar-refractivity contribution in [3.05, 3.63) is 0 Å². The minimum Gasteiger partial charge on any atom is -0.396 e. The average molecular weight is 182 g/mol. The highest BCUT2D eigenvalue weighted by Crippen LogP contribution is 2.26. The van der Waals surface area contributed by atoms with E-state index in [9.17, 15) is 0 Å². The SMILES string of the molecule is CC(C#N)N(CCCO)C1CCC1. The third kappa shape index (κ3) is 2.68. The zero-order chi connectivity index (χ0) is 9.68. The van der Waals surface area contributed by atoms with Gasteiger partial charge in [-0.15, -0.1) is 0 Å². The van der Waals surface area contributed by atoms with E-state index in [0.29, 0.717) is 6.04 Å². The van der Waals surface area contributed by atoms with Crippen molar-refractivity contribution in [3.63, 3.8) is 0 Å². The molecule has 13 heavy (non-hydrogen) atoms. The molecule has 0 aromatic rings. The maximum absolute atomic E-state index is 8.82. The molecule has 0 aromatic carbocycles. The van der Waals surface area contributed by atoms with E-state index >= 15 is 0 Å². The summed E-state index contributed by atoms with van der Waals surface area (Å²) in [5.74, 6) is 0. The fourth-order valence-corrected chi connectivity index (χ4v) is 1.74. The highest BCUT2D eigenvalue weighted by atomic mass is 16.3. The largest absolute Gasteiger partial charge is 0.396 e. The highest BCUT2D eigenvalue weighted by molar-refractivity contribution is 4.93. The lowest BCUT2D eigenvalue weighted by Gasteiger charge is -2.39. The summed E-state index contributed by atoms with van der Waals surface area (Å²) in [4.78, 5) is 2.22. The van der Waals surface area contributed by atoms with Crippen LogP contribution in [0.4, 0.5) is 0 Å². The van der Waals surface area contributed by atoms with Crippen molar-refractivity contribution in [2.75, 3.05) is 13.2 Å². The van der Waals surface area contributed by atoms with E-state index in [2.05, 4.69) is 11.0 Å². The van der Waals surface area contributed by atoms with Gasteiger partial charge in [-0.1, -0.05) is 6.42 Å². The van der Waals surface area contributed by atoms with Gasteiger partial charge in [-0.05, 0) is 26.2 Å². The summed E-state index contributed by atoms with van der Waals surface area (Å²) in [6.45, 7) is 3.02. The molecule has 1 aliphatic rings. The molecule has 1 unspecified atom stereocenters. The van der Waals surface area contributed by atoms with Gasteiger partial charge in [0.15, 0.2) is 0 Å². The van der Waals surface area contributed by atoms with Gasteiger partial charge in [-0.2, -0.15) is 5.26 Å². The number of hydrogen-bond donors (Lipinski definition) is 1. The molecule has 1 saturated carbocycles. The van der Waals surface area contributed by atoms with Gasteiger partial charge in [0.1, 0.15) is 0 Å². The van der Waals surface area contributed by atoms with Gasteiger partial charge in [-0.3, -0.25) is 4.90 Å². The van der Waals surface area contributed by atoms with Crippen LogP contribution in [0.25, 0.3) is 0 Å². The molecule has 0 saturated heterocycles. The monoisotopic (exact) mass is 182 g/mol. The molecule has 1 rings (SSSR count). The molecule has 1 fully saturated rings. The van der Waals surface area contributed by atoms with Crippen molar-refractivity contribution in [3.8, 4) is 6.07 Å². The van der Waals surface area contributed by atoms with Crippen LogP contribution < -0.4 is 0 Å². The van der Waals surface area contributed by atoms with Crippen LogP contribution in [0.1, 0.15) is 32.6 Å². The first-order chi connectivity index (χ1) is 6.29. The fourth-order valence-electron chi connectivity index (χ4n) is 1.74. The predicted molar refractivity (Wildman–Crippen MR) is 51.1 cm³/mol. The molecule has 0 bridgehead atoms. The van der Waals surface area contributed by atoms with Crippen LogP contribution in [0.2, 0.25) is 0 Å². The Hall–Kier alpha value is -0.590. The lowest BCUT2D eigenvalue weighted by molar-refractivity contribution is 0.0994. The average Bonchev–Trinajstić information content (AvgIpc) is 2.07. The molecule has 74 valence electrons. The van der Waals surface area contributed by atoms with Crippen molar-refractivity contribution in [2.24, 2.45) is 0 Å². The normalized spacial score (nSPS) is 19.5. The summed E-state index contributed by atoms with van der Waals surface area (Å²) in [5.41, 5.74) is 0. The van der Waals surface area contributed by atoms with Gasteiger partial charge < -0.3 is 5.11 Å². The van der Waals surface area contributed by atoms with Gasteiger partial charge in [0.2, 0.25) is 0 Å². The zero-order valence-corrected chi connectivity index (χ0v) is 8.24. The molecule has 0 aromatic heterocycles. The van der Waals surface area contributed by atoms with Crippen LogP contribution in [-0.2, 0) is 0 Å². The summed E-state index contributed by atoms with van der Waals surface area (Å²) in [6.07, 6.45) is 4.51. The Balaban J connectivity index is 2.38. The van der Waals surface area contributed by atoms with Gasteiger partial charge in [0, 0.05) is 19.2 Å². The second-order valence-corrected chi connectivity index (χ2v) is 3.70. The van der Waals surface area contributed by atoms with E-state index in [-0.39, 0.29) is 12.6 Å². The smallest absolute Gasteiger partial charge is 0.0951 e. The van der Waals surface area contributed by atoms with E-state index in [0.717, 1.165) is 13.0 Å². The number of rotatable bonds is 5. The van der Waals surface area contributed by atoms with E-state index in [1.807, 2.05) is 6.92 Å². The summed E-state index contributed by atoms with van der Waals surface area (Å²) < 4.78 is 0. The lowest BCUT2D eigenvalue weighted by Crippen LogP contribution is -2.45. The molecule has 1 aliphatic carbocycles. The van der Waals surface area contributed by atoms with Crippen LogP contribution in [0, 0.1) is 11.3 Å². The Morgan fingerprint density at radius 2 is 2.31 bits per heavy atom. The van der Waals surface area contributed by atoms with Crippen molar-refractivity contribution in [2.45, 2.75) is 44.7 Å². The predicted octanol–water partition coefficient (Wildman–Crippen LogP) is 1.14. The number of aliphatic hydroxyl groups excluding tert-OH is 1. The molecule has 3 heteroatoms. The summed E-state index contributed by atoms with van der Waals surface area (Å²) in [7, 11) is 0. The van der Waals surface area contributed by atoms with Crippen LogP contribution in [0.3, 0.4) is 0 Å². The Labute approximate surface area is 80.0 Å². The maximum atomic E-state index is 8.82. The van der Waals surface area contributed by atoms with Crippen LogP contribution in [0.15, 0.2) is 0 Å². The third-order valence-electron chi connectivity index (χ3n) is 2.80. The Morgan fingerprint density at radius 3 is 2.69 bits per heavy atom. The highest BCUT2D eigenvalue weighted by Gasteiger charge is 2.27. The number of hydrogen-bond acceptors (Lipinski definition) is 3. The molecule has 0 spiro atoms. The first-order valence-corrected chi connectivity index (χ1v) is 5.05. The molecule has 0 heterocycles. The molecule has 0 amide bonds. The van der Waals surface area contributed by atoms with Gasteiger partial charge in [-0.25, -0.2) is 0 Å². The van der Waals surface area contributed by atoms with Crippen LogP contribution in [-0.4, -0.2) is 35.2 Å². The number of aliphatic hydroxyl groups is 1. The van der Waals surface area contributed by atoms with Crippen LogP contribution >= 0.6 is 0 Å². The van der Waals surface area contributed by atoms with Gasteiger partial charge in [0.25, 0.3) is 0 Å². The van der Waals surface area contributed by atoms with Gasteiger partial charge >= 0.3 is 0 Å². The van der Waals surface area contributed by atoms with Crippen molar-refractivity contribution in [1.82, 2.24) is 4.90 Å². The molecule has 3 nitrogen and oxygen atoms in total. The number of nitriles is 1. The molecule has 0 radical (unpaired) electrons. The molecular formula is C10H18N2O. The third-order valence-corrected chi connectivity index (χ3v) is 2.80. The molecular weight excluding hydrogens is 164 g/mol. The second kappa shape index (κ2) is 5.21. The van der Waals surface area contributed by atoms with E-state index in [1.165, 1.54) is 19.3 Å². The van der Waals surface area contributed by atoms with E-state index < -0.39 is 0 Å². The first-order valence-electron chi connectivity index (χ1n) is 5.05. The summed E-state index contributed by atoms with van der Waals surface area (Å²) in [5, 5.41) is 17.6. The van der Waals surface area contributed by atoms with Crippen molar-refractivity contribution in [1.29, 1.82) is 5.26 Å². The summed E-state index contributed by atoms with van der Waals surface area (Å²) in [6, 6.07) is 2.86. The molecule has 1 atom stereocenters. The van der Waals surface area contributed by atoms with Crippen molar-refractivity contribution >= 4 is 0 Å². The molecule has 1 N–H and O–H groups in total. The maximum Gasteiger partial charge on any atom is 0.0951 e. The minimum atomic E-state index is -0.00292. The van der Waals surface area contributed by atoms with E-state index in [4.69, 9.17) is 10.4 Å². The lowest BCUT2D eigenvalue weighted by atomic mass is 9.90. The quantitative estimate of drug-likeness (QED) is 0.693. The van der Waals surface area contributed by atoms with Crippen LogP contribution in [0.5, 0.6) is 0 Å². The van der Waals surface area contributed by atoms with Crippen molar-refractivity contribution < 1.29 is 5.11 Å². The Morgan fingerprint density at radius 1 is 1.62 bits per heavy atom. The number of nitrogens with zero attached hydrogens (tertiary/aromatic N) is 2. The standard InChI is InChI=1S/C10H18N2O/c1-9(8-11)12(6-3-7-13)10-4-2-5-10/h9-10,13H,2-7H2,1H3. The second-order valence-electron chi connectivity index (χ2n) is 3.70. The first kappa shape index (κ1) is 10.5. The minimum absolute atomic E-state index is 0.00292. The Bertz CT molecular complexity index is 184. The zero-order valence-electron chi connectivity index (χ0n) is 8.24. The summed E-state index contributed by atoms with van der Waals surface area (Å²) >= 11 is 0. The molecule has 0 aliphatic heterocycles. The Kier molecular flexibility index (Phi) is 4.20.